The molecule has 2 fully saturated rings. The zero-order valence-corrected chi connectivity index (χ0v) is 11.4. The van der Waals surface area contributed by atoms with Crippen LogP contribution in [0.25, 0.3) is 0 Å². The fourth-order valence-electron chi connectivity index (χ4n) is 2.79. The third kappa shape index (κ3) is 3.94. The van der Waals surface area contributed by atoms with Crippen LogP contribution in [0.5, 0.6) is 0 Å². The maximum atomic E-state index is 3.59. The van der Waals surface area contributed by atoms with Crippen molar-refractivity contribution in [2.24, 2.45) is 0 Å². The maximum absolute atomic E-state index is 3.59. The van der Waals surface area contributed by atoms with Crippen molar-refractivity contribution in [2.45, 2.75) is 50.3 Å². The molecule has 0 aromatic heterocycles. The van der Waals surface area contributed by atoms with Crippen LogP contribution in [0, 0.1) is 0 Å². The van der Waals surface area contributed by atoms with E-state index in [-0.39, 0.29) is 0 Å². The molecule has 94 valence electrons. The van der Waals surface area contributed by atoms with Gasteiger partial charge in [-0.25, -0.2) is 0 Å². The average molecular weight is 242 g/mol. The molecule has 2 aliphatic rings. The molecule has 2 atom stereocenters. The van der Waals surface area contributed by atoms with Crippen molar-refractivity contribution < 1.29 is 0 Å². The van der Waals surface area contributed by atoms with Gasteiger partial charge in [0.2, 0.25) is 0 Å². The van der Waals surface area contributed by atoms with Crippen LogP contribution in [-0.4, -0.2) is 48.1 Å². The molecule has 16 heavy (non-hydrogen) atoms. The summed E-state index contributed by atoms with van der Waals surface area (Å²) >= 11 is 2.17. The minimum absolute atomic E-state index is 0.834. The van der Waals surface area contributed by atoms with Crippen molar-refractivity contribution in [2.75, 3.05) is 31.9 Å². The summed E-state index contributed by atoms with van der Waals surface area (Å²) in [6.45, 7) is 7.56. The molecule has 0 amide bonds. The Balaban J connectivity index is 1.58. The first-order chi connectivity index (χ1) is 7.88. The third-order valence-corrected chi connectivity index (χ3v) is 5.24. The van der Waals surface area contributed by atoms with E-state index in [1.54, 1.807) is 0 Å². The lowest BCUT2D eigenvalue weighted by Crippen LogP contribution is -2.38. The van der Waals surface area contributed by atoms with Crippen LogP contribution in [0.15, 0.2) is 0 Å². The van der Waals surface area contributed by atoms with Gasteiger partial charge >= 0.3 is 0 Å². The van der Waals surface area contributed by atoms with E-state index in [0.29, 0.717) is 0 Å². The molecule has 0 spiro atoms. The van der Waals surface area contributed by atoms with Crippen molar-refractivity contribution >= 4 is 11.8 Å². The number of hydrogen-bond donors (Lipinski definition) is 1. The van der Waals surface area contributed by atoms with Crippen LogP contribution in [0.1, 0.15) is 39.0 Å². The van der Waals surface area contributed by atoms with E-state index in [0.717, 1.165) is 11.3 Å². The minimum atomic E-state index is 0.834. The molecule has 0 aromatic carbocycles. The van der Waals surface area contributed by atoms with Crippen LogP contribution < -0.4 is 5.32 Å². The van der Waals surface area contributed by atoms with Crippen molar-refractivity contribution in [1.82, 2.24) is 10.2 Å². The number of hydrogen-bond acceptors (Lipinski definition) is 3. The first kappa shape index (κ1) is 12.7. The van der Waals surface area contributed by atoms with E-state index in [9.17, 15) is 0 Å². The number of thioether (sulfide) groups is 1. The molecular weight excluding hydrogens is 216 g/mol. The Labute approximate surface area is 105 Å². The smallest absolute Gasteiger partial charge is 0.0172 e. The van der Waals surface area contributed by atoms with Crippen molar-refractivity contribution in [3.05, 3.63) is 0 Å². The van der Waals surface area contributed by atoms with Crippen molar-refractivity contribution in [1.29, 1.82) is 0 Å². The van der Waals surface area contributed by atoms with E-state index < -0.39 is 0 Å². The predicted octanol–water partition coefficient (Wildman–Crippen LogP) is 2.35. The fourth-order valence-corrected chi connectivity index (χ4v) is 4.04. The average Bonchev–Trinajstić information content (AvgIpc) is 2.82. The van der Waals surface area contributed by atoms with Gasteiger partial charge in [0.1, 0.15) is 0 Å². The van der Waals surface area contributed by atoms with Gasteiger partial charge in [0.15, 0.2) is 0 Å². The van der Waals surface area contributed by atoms with E-state index in [2.05, 4.69) is 28.9 Å². The lowest BCUT2D eigenvalue weighted by Gasteiger charge is -2.32. The summed E-state index contributed by atoms with van der Waals surface area (Å²) in [6, 6.07) is 0.834. The van der Waals surface area contributed by atoms with Crippen LogP contribution in [0.3, 0.4) is 0 Å². The normalized spacial score (nSPS) is 32.1. The van der Waals surface area contributed by atoms with E-state index >= 15 is 0 Å². The molecule has 0 aromatic rings. The van der Waals surface area contributed by atoms with Gasteiger partial charge in [0.05, 0.1) is 0 Å². The summed E-state index contributed by atoms with van der Waals surface area (Å²) in [4.78, 5) is 2.68. The number of nitrogens with zero attached hydrogens (tertiary/aromatic N) is 1. The molecule has 0 bridgehead atoms. The topological polar surface area (TPSA) is 15.3 Å². The maximum Gasteiger partial charge on any atom is 0.0172 e. The molecular formula is C13H26N2S. The standard InChI is InChI=1S/C13H26N2S/c1-2-13-11-15(9-10-16-13)8-4-6-12-5-3-7-14-12/h12-14H,2-11H2,1H3. The largest absolute Gasteiger partial charge is 0.314 e. The zero-order valence-electron chi connectivity index (χ0n) is 10.6. The molecule has 2 rings (SSSR count). The van der Waals surface area contributed by atoms with Crippen LogP contribution in [-0.2, 0) is 0 Å². The molecule has 2 saturated heterocycles. The molecule has 2 aliphatic heterocycles. The summed E-state index contributed by atoms with van der Waals surface area (Å²) in [5.74, 6) is 1.35. The Bertz CT molecular complexity index is 192. The molecule has 2 nitrogen and oxygen atoms in total. The van der Waals surface area contributed by atoms with Gasteiger partial charge in [-0.3, -0.25) is 0 Å². The van der Waals surface area contributed by atoms with E-state index in [4.69, 9.17) is 0 Å². The highest BCUT2D eigenvalue weighted by atomic mass is 32.2. The SMILES string of the molecule is CCC1CN(CCCC2CCCN2)CCS1. The minimum Gasteiger partial charge on any atom is -0.314 e. The van der Waals surface area contributed by atoms with Gasteiger partial charge < -0.3 is 10.2 Å². The Morgan fingerprint density at radius 1 is 1.44 bits per heavy atom. The van der Waals surface area contributed by atoms with Gasteiger partial charge in [-0.15, -0.1) is 0 Å². The molecule has 0 radical (unpaired) electrons. The van der Waals surface area contributed by atoms with Crippen LogP contribution in [0.4, 0.5) is 0 Å². The monoisotopic (exact) mass is 242 g/mol. The van der Waals surface area contributed by atoms with Crippen molar-refractivity contribution in [3.8, 4) is 0 Å². The lowest BCUT2D eigenvalue weighted by atomic mass is 10.1. The number of rotatable bonds is 5. The highest BCUT2D eigenvalue weighted by Crippen LogP contribution is 2.21. The molecule has 3 heteroatoms. The second-order valence-electron chi connectivity index (χ2n) is 5.14. The second kappa shape index (κ2) is 6.87. The predicted molar refractivity (Wildman–Crippen MR) is 73.2 cm³/mol. The number of nitrogens with one attached hydrogen (secondary N) is 1. The summed E-state index contributed by atoms with van der Waals surface area (Å²) < 4.78 is 0. The molecule has 0 aliphatic carbocycles. The highest BCUT2D eigenvalue weighted by molar-refractivity contribution is 8.00. The Kier molecular flexibility index (Phi) is 5.46. The van der Waals surface area contributed by atoms with Crippen LogP contribution in [0.2, 0.25) is 0 Å². The second-order valence-corrected chi connectivity index (χ2v) is 6.55. The van der Waals surface area contributed by atoms with Gasteiger partial charge in [0, 0.05) is 30.1 Å². The summed E-state index contributed by atoms with van der Waals surface area (Å²) in [5, 5.41) is 4.49. The van der Waals surface area contributed by atoms with E-state index in [1.165, 1.54) is 64.0 Å². The highest BCUT2D eigenvalue weighted by Gasteiger charge is 2.19. The first-order valence-electron chi connectivity index (χ1n) is 6.96. The Morgan fingerprint density at radius 2 is 2.38 bits per heavy atom. The van der Waals surface area contributed by atoms with E-state index in [1.807, 2.05) is 0 Å². The van der Waals surface area contributed by atoms with Gasteiger partial charge in [-0.1, -0.05) is 6.92 Å². The quantitative estimate of drug-likeness (QED) is 0.797. The van der Waals surface area contributed by atoms with Crippen LogP contribution >= 0.6 is 11.8 Å². The Hall–Kier alpha value is 0.270. The van der Waals surface area contributed by atoms with Gasteiger partial charge in [-0.2, -0.15) is 11.8 Å². The molecule has 1 N–H and O–H groups in total. The third-order valence-electron chi connectivity index (χ3n) is 3.87. The summed E-state index contributed by atoms with van der Waals surface area (Å²) in [7, 11) is 0. The van der Waals surface area contributed by atoms with Gasteiger partial charge in [-0.05, 0) is 45.2 Å². The lowest BCUT2D eigenvalue weighted by molar-refractivity contribution is 0.271. The molecule has 2 unspecified atom stereocenters. The molecule has 2 heterocycles. The van der Waals surface area contributed by atoms with Gasteiger partial charge in [0.25, 0.3) is 0 Å². The molecule has 0 saturated carbocycles. The zero-order chi connectivity index (χ0) is 11.2. The summed E-state index contributed by atoms with van der Waals surface area (Å²) in [6.07, 6.45) is 6.92. The first-order valence-corrected chi connectivity index (χ1v) is 8.00. The summed E-state index contributed by atoms with van der Waals surface area (Å²) in [5.41, 5.74) is 0. The van der Waals surface area contributed by atoms with Crippen molar-refractivity contribution in [3.63, 3.8) is 0 Å². The Morgan fingerprint density at radius 3 is 3.12 bits per heavy atom. The fraction of sp³-hybridized carbons (Fsp3) is 1.00.